The minimum atomic E-state index is -4.65. The van der Waals surface area contributed by atoms with Gasteiger partial charge in [0.05, 0.1) is 5.56 Å². The zero-order valence-corrected chi connectivity index (χ0v) is 7.81. The molecular formula is C10H10F4O. The summed E-state index contributed by atoms with van der Waals surface area (Å²) in [6, 6.07) is 2.81. The molecule has 0 spiro atoms. The molecule has 0 radical (unpaired) electrons. The Balaban J connectivity index is 2.89. The number of aliphatic hydroxyl groups is 1. The molecule has 1 N–H and O–H groups in total. The van der Waals surface area contributed by atoms with Crippen molar-refractivity contribution in [2.75, 3.05) is 6.61 Å². The number of alkyl halides is 3. The average molecular weight is 222 g/mol. The molecule has 0 heterocycles. The molecule has 0 amide bonds. The van der Waals surface area contributed by atoms with Crippen molar-refractivity contribution in [2.24, 2.45) is 0 Å². The van der Waals surface area contributed by atoms with Gasteiger partial charge in [-0.25, -0.2) is 4.39 Å². The van der Waals surface area contributed by atoms with Gasteiger partial charge in [0.2, 0.25) is 0 Å². The number of hydrogen-bond acceptors (Lipinski definition) is 1. The van der Waals surface area contributed by atoms with Gasteiger partial charge in [0, 0.05) is 6.61 Å². The van der Waals surface area contributed by atoms with Crippen LogP contribution >= 0.6 is 0 Å². The molecule has 0 saturated heterocycles. The number of aliphatic hydroxyl groups excluding tert-OH is 1. The Morgan fingerprint density at radius 1 is 1.20 bits per heavy atom. The van der Waals surface area contributed by atoms with Crippen molar-refractivity contribution >= 4 is 0 Å². The number of halogens is 4. The molecule has 0 aliphatic heterocycles. The Kier molecular flexibility index (Phi) is 3.68. The van der Waals surface area contributed by atoms with E-state index in [1.165, 1.54) is 6.07 Å². The summed E-state index contributed by atoms with van der Waals surface area (Å²) in [5, 5.41) is 8.51. The highest BCUT2D eigenvalue weighted by Crippen LogP contribution is 2.31. The maximum atomic E-state index is 13.0. The molecule has 0 atom stereocenters. The maximum absolute atomic E-state index is 13.0. The van der Waals surface area contributed by atoms with E-state index in [0.717, 1.165) is 12.1 Å². The zero-order chi connectivity index (χ0) is 11.5. The predicted octanol–water partition coefficient (Wildman–Crippen LogP) is 2.77. The van der Waals surface area contributed by atoms with Gasteiger partial charge < -0.3 is 5.11 Å². The predicted molar refractivity (Wildman–Crippen MR) is 46.8 cm³/mol. The minimum Gasteiger partial charge on any atom is -0.396 e. The quantitative estimate of drug-likeness (QED) is 0.779. The van der Waals surface area contributed by atoms with Crippen molar-refractivity contribution in [1.29, 1.82) is 0 Å². The van der Waals surface area contributed by atoms with Gasteiger partial charge >= 0.3 is 6.18 Å². The van der Waals surface area contributed by atoms with Crippen LogP contribution in [0.4, 0.5) is 17.6 Å². The van der Waals surface area contributed by atoms with Crippen LogP contribution in [0.15, 0.2) is 18.2 Å². The number of rotatable bonds is 3. The fraction of sp³-hybridized carbons (Fsp3) is 0.400. The molecule has 1 rings (SSSR count). The first-order valence-corrected chi connectivity index (χ1v) is 4.41. The standard InChI is InChI=1S/C10H10F4O/c11-9-6-7(2-1-5-15)3-4-8(9)10(12,13)14/h3-4,6,15H,1-2,5H2. The van der Waals surface area contributed by atoms with E-state index in [-0.39, 0.29) is 6.61 Å². The van der Waals surface area contributed by atoms with Crippen molar-refractivity contribution in [3.63, 3.8) is 0 Å². The van der Waals surface area contributed by atoms with E-state index in [1.54, 1.807) is 0 Å². The topological polar surface area (TPSA) is 20.2 Å². The van der Waals surface area contributed by atoms with E-state index in [0.29, 0.717) is 18.4 Å². The zero-order valence-electron chi connectivity index (χ0n) is 7.81. The van der Waals surface area contributed by atoms with E-state index in [9.17, 15) is 17.6 Å². The van der Waals surface area contributed by atoms with Crippen molar-refractivity contribution in [2.45, 2.75) is 19.0 Å². The van der Waals surface area contributed by atoms with Crippen LogP contribution in [0.5, 0.6) is 0 Å². The number of benzene rings is 1. The largest absolute Gasteiger partial charge is 0.419 e. The van der Waals surface area contributed by atoms with Gasteiger partial charge in [0.15, 0.2) is 0 Å². The smallest absolute Gasteiger partial charge is 0.396 e. The molecule has 0 fully saturated rings. The molecular weight excluding hydrogens is 212 g/mol. The van der Waals surface area contributed by atoms with E-state index >= 15 is 0 Å². The second-order valence-electron chi connectivity index (χ2n) is 3.14. The van der Waals surface area contributed by atoms with Gasteiger partial charge in [-0.05, 0) is 30.5 Å². The first kappa shape index (κ1) is 12.0. The summed E-state index contributed by atoms with van der Waals surface area (Å²) < 4.78 is 49.4. The van der Waals surface area contributed by atoms with Gasteiger partial charge in [-0.2, -0.15) is 13.2 Å². The highest BCUT2D eigenvalue weighted by Gasteiger charge is 2.33. The molecule has 5 heteroatoms. The lowest BCUT2D eigenvalue weighted by Crippen LogP contribution is -2.08. The third-order valence-electron chi connectivity index (χ3n) is 1.96. The fourth-order valence-electron chi connectivity index (χ4n) is 1.23. The van der Waals surface area contributed by atoms with E-state index in [1.807, 2.05) is 0 Å². The van der Waals surface area contributed by atoms with Crippen LogP contribution in [0.3, 0.4) is 0 Å². The van der Waals surface area contributed by atoms with Crippen molar-refractivity contribution < 1.29 is 22.7 Å². The number of aryl methyl sites for hydroxylation is 1. The summed E-state index contributed by atoms with van der Waals surface area (Å²) in [5.74, 6) is -1.27. The van der Waals surface area contributed by atoms with Gasteiger partial charge in [-0.15, -0.1) is 0 Å². The summed E-state index contributed by atoms with van der Waals surface area (Å²) in [6.07, 6.45) is -3.88. The summed E-state index contributed by atoms with van der Waals surface area (Å²) in [4.78, 5) is 0. The average Bonchev–Trinajstić information content (AvgIpc) is 2.12. The van der Waals surface area contributed by atoms with Crippen molar-refractivity contribution in [3.05, 3.63) is 35.1 Å². The summed E-state index contributed by atoms with van der Waals surface area (Å²) in [6.45, 7) is -0.0668. The second-order valence-corrected chi connectivity index (χ2v) is 3.14. The molecule has 0 aromatic heterocycles. The third kappa shape index (κ3) is 3.20. The van der Waals surface area contributed by atoms with Gasteiger partial charge in [0.1, 0.15) is 5.82 Å². The Morgan fingerprint density at radius 2 is 1.87 bits per heavy atom. The molecule has 1 nitrogen and oxygen atoms in total. The lowest BCUT2D eigenvalue weighted by molar-refractivity contribution is -0.140. The first-order chi connectivity index (χ1) is 6.95. The normalized spacial score (nSPS) is 11.8. The molecule has 0 unspecified atom stereocenters. The molecule has 15 heavy (non-hydrogen) atoms. The molecule has 0 aliphatic carbocycles. The van der Waals surface area contributed by atoms with Crippen LogP contribution in [0, 0.1) is 5.82 Å². The second kappa shape index (κ2) is 4.61. The fourth-order valence-corrected chi connectivity index (χ4v) is 1.23. The Hall–Kier alpha value is -1.10. The minimum absolute atomic E-state index is 0.0668. The molecule has 84 valence electrons. The van der Waals surface area contributed by atoms with E-state index in [4.69, 9.17) is 5.11 Å². The molecule has 0 aliphatic rings. The number of hydrogen-bond donors (Lipinski definition) is 1. The van der Waals surface area contributed by atoms with Gasteiger partial charge in [0.25, 0.3) is 0 Å². The van der Waals surface area contributed by atoms with Crippen LogP contribution in [0.1, 0.15) is 17.5 Å². The summed E-state index contributed by atoms with van der Waals surface area (Å²) >= 11 is 0. The van der Waals surface area contributed by atoms with E-state index in [2.05, 4.69) is 0 Å². The SMILES string of the molecule is OCCCc1ccc(C(F)(F)F)c(F)c1. The van der Waals surface area contributed by atoms with Gasteiger partial charge in [-0.3, -0.25) is 0 Å². The van der Waals surface area contributed by atoms with Crippen LogP contribution in [-0.4, -0.2) is 11.7 Å². The molecule has 0 saturated carbocycles. The highest BCUT2D eigenvalue weighted by molar-refractivity contribution is 5.26. The van der Waals surface area contributed by atoms with Gasteiger partial charge in [-0.1, -0.05) is 6.07 Å². The monoisotopic (exact) mass is 222 g/mol. The lowest BCUT2D eigenvalue weighted by atomic mass is 10.1. The Bertz CT molecular complexity index is 333. The highest BCUT2D eigenvalue weighted by atomic mass is 19.4. The van der Waals surface area contributed by atoms with Crippen LogP contribution < -0.4 is 0 Å². The summed E-state index contributed by atoms with van der Waals surface area (Å²) in [7, 11) is 0. The molecule has 1 aromatic carbocycles. The van der Waals surface area contributed by atoms with Crippen molar-refractivity contribution in [1.82, 2.24) is 0 Å². The molecule has 0 bridgehead atoms. The van der Waals surface area contributed by atoms with Crippen LogP contribution in [-0.2, 0) is 12.6 Å². The Labute approximate surface area is 84.3 Å². The van der Waals surface area contributed by atoms with Crippen LogP contribution in [0.2, 0.25) is 0 Å². The van der Waals surface area contributed by atoms with E-state index < -0.39 is 17.6 Å². The third-order valence-corrected chi connectivity index (χ3v) is 1.96. The Morgan fingerprint density at radius 3 is 2.33 bits per heavy atom. The summed E-state index contributed by atoms with van der Waals surface area (Å²) in [5.41, 5.74) is -0.801. The van der Waals surface area contributed by atoms with Crippen LogP contribution in [0.25, 0.3) is 0 Å². The van der Waals surface area contributed by atoms with Crippen molar-refractivity contribution in [3.8, 4) is 0 Å². The lowest BCUT2D eigenvalue weighted by Gasteiger charge is -2.08. The maximum Gasteiger partial charge on any atom is 0.419 e. The molecule has 1 aromatic rings. The first-order valence-electron chi connectivity index (χ1n) is 4.41.